The molecule has 1 aromatic carbocycles. The maximum absolute atomic E-state index is 13.3. The number of ether oxygens (including phenoxy) is 1. The molecule has 0 fully saturated rings. The van der Waals surface area contributed by atoms with Crippen LogP contribution in [0.1, 0.15) is 31.1 Å². The minimum atomic E-state index is -0.618. The molecule has 0 bridgehead atoms. The molecule has 0 aliphatic rings. The fourth-order valence-electron chi connectivity index (χ4n) is 3.11. The van der Waals surface area contributed by atoms with E-state index in [1.54, 1.807) is 41.8 Å². The molecular formula is C22H27N5O4. The highest BCUT2D eigenvalue weighted by Crippen LogP contribution is 2.18. The van der Waals surface area contributed by atoms with Gasteiger partial charge >= 0.3 is 5.69 Å². The van der Waals surface area contributed by atoms with Gasteiger partial charge in [-0.2, -0.15) is 4.98 Å². The summed E-state index contributed by atoms with van der Waals surface area (Å²) in [6.07, 6.45) is 1.92. The third kappa shape index (κ3) is 4.66. The molecule has 3 rings (SSSR count). The topological polar surface area (TPSA) is 114 Å². The van der Waals surface area contributed by atoms with E-state index in [-0.39, 0.29) is 42.2 Å². The lowest BCUT2D eigenvalue weighted by Gasteiger charge is -2.11. The Balaban J connectivity index is 2.18. The van der Waals surface area contributed by atoms with E-state index >= 15 is 0 Å². The highest BCUT2D eigenvalue weighted by atomic mass is 16.5. The normalized spacial score (nSPS) is 12.0. The molecular weight excluding hydrogens is 398 g/mol. The van der Waals surface area contributed by atoms with Gasteiger partial charge in [-0.3, -0.25) is 23.3 Å². The van der Waals surface area contributed by atoms with Gasteiger partial charge in [-0.25, -0.2) is 4.79 Å². The molecule has 0 radical (unpaired) electrons. The van der Waals surface area contributed by atoms with Gasteiger partial charge in [0.15, 0.2) is 16.9 Å². The van der Waals surface area contributed by atoms with Crippen LogP contribution >= 0.6 is 0 Å². The van der Waals surface area contributed by atoms with Crippen LogP contribution < -0.4 is 21.7 Å². The lowest BCUT2D eigenvalue weighted by molar-refractivity contribution is 0.0969. The second-order valence-corrected chi connectivity index (χ2v) is 7.77. The Morgan fingerprint density at radius 3 is 2.48 bits per heavy atom. The number of Topliss-reactive ketones (excluding diaryl/α,β-unsaturated/α-hetero) is 1. The number of allylic oxidation sites excluding steroid dienone is 2. The summed E-state index contributed by atoms with van der Waals surface area (Å²) < 4.78 is 9.53. The number of rotatable bonds is 8. The van der Waals surface area contributed by atoms with E-state index in [1.165, 1.54) is 11.6 Å². The third-order valence-corrected chi connectivity index (χ3v) is 4.75. The molecule has 3 aromatic rings. The molecule has 1 unspecified atom stereocenters. The molecule has 31 heavy (non-hydrogen) atoms. The zero-order chi connectivity index (χ0) is 22.7. The molecule has 164 valence electrons. The molecule has 0 saturated heterocycles. The second-order valence-electron chi connectivity index (χ2n) is 7.77. The lowest BCUT2D eigenvalue weighted by Crippen LogP contribution is -2.41. The number of aromatic nitrogens is 4. The number of carbonyl (C=O) groups excluding carboxylic acids is 1. The first-order chi connectivity index (χ1) is 14.7. The second kappa shape index (κ2) is 9.13. The first-order valence-electron chi connectivity index (χ1n) is 10.0. The number of ketones is 1. The minimum Gasteiger partial charge on any atom is -0.463 e. The maximum Gasteiger partial charge on any atom is 0.332 e. The van der Waals surface area contributed by atoms with Crippen molar-refractivity contribution in [2.24, 2.45) is 12.8 Å². The summed E-state index contributed by atoms with van der Waals surface area (Å²) in [6, 6.07) is 8.51. The maximum atomic E-state index is 13.3. The molecule has 0 aliphatic carbocycles. The fraction of sp³-hybridized carbons (Fsp3) is 0.364. The van der Waals surface area contributed by atoms with Crippen LogP contribution in [0.25, 0.3) is 11.2 Å². The van der Waals surface area contributed by atoms with Gasteiger partial charge in [-0.15, -0.1) is 0 Å². The Morgan fingerprint density at radius 1 is 1.19 bits per heavy atom. The van der Waals surface area contributed by atoms with Crippen molar-refractivity contribution >= 4 is 16.9 Å². The number of fused-ring (bicyclic) bond motifs is 1. The van der Waals surface area contributed by atoms with Gasteiger partial charge in [-0.1, -0.05) is 42.0 Å². The predicted molar refractivity (Wildman–Crippen MR) is 119 cm³/mol. The molecule has 0 saturated carbocycles. The van der Waals surface area contributed by atoms with Crippen LogP contribution in [-0.2, 0) is 20.1 Å². The Morgan fingerprint density at radius 2 is 1.87 bits per heavy atom. The largest absolute Gasteiger partial charge is 0.463 e. The van der Waals surface area contributed by atoms with E-state index in [0.29, 0.717) is 12.1 Å². The average Bonchev–Trinajstić information content (AvgIpc) is 3.11. The van der Waals surface area contributed by atoms with Gasteiger partial charge < -0.3 is 10.5 Å². The summed E-state index contributed by atoms with van der Waals surface area (Å²) >= 11 is 0. The Labute approximate surface area is 179 Å². The van der Waals surface area contributed by atoms with Crippen molar-refractivity contribution in [3.63, 3.8) is 0 Å². The van der Waals surface area contributed by atoms with Crippen LogP contribution in [0, 0.1) is 0 Å². The van der Waals surface area contributed by atoms with E-state index in [4.69, 9.17) is 10.5 Å². The van der Waals surface area contributed by atoms with Crippen LogP contribution in [-0.4, -0.2) is 37.1 Å². The van der Waals surface area contributed by atoms with Crippen molar-refractivity contribution in [1.82, 2.24) is 18.7 Å². The first kappa shape index (κ1) is 22.2. The molecule has 1 atom stereocenters. The van der Waals surface area contributed by atoms with E-state index in [0.717, 1.165) is 10.1 Å². The van der Waals surface area contributed by atoms with E-state index in [2.05, 4.69) is 4.98 Å². The molecule has 2 aromatic heterocycles. The number of benzene rings is 1. The molecule has 0 amide bonds. The highest BCUT2D eigenvalue weighted by molar-refractivity contribution is 5.95. The van der Waals surface area contributed by atoms with Gasteiger partial charge in [-0.05, 0) is 20.8 Å². The van der Waals surface area contributed by atoms with E-state index in [9.17, 15) is 14.4 Å². The number of aryl methyl sites for hydroxylation is 1. The van der Waals surface area contributed by atoms with Gasteiger partial charge in [0.25, 0.3) is 11.6 Å². The van der Waals surface area contributed by atoms with Crippen LogP contribution in [0.5, 0.6) is 6.01 Å². The zero-order valence-electron chi connectivity index (χ0n) is 18.2. The van der Waals surface area contributed by atoms with Gasteiger partial charge in [0.05, 0.1) is 6.54 Å². The van der Waals surface area contributed by atoms with Crippen LogP contribution in [0.2, 0.25) is 0 Å². The van der Waals surface area contributed by atoms with Gasteiger partial charge in [0.2, 0.25) is 0 Å². The number of hydrogen-bond donors (Lipinski definition) is 1. The van der Waals surface area contributed by atoms with Crippen LogP contribution in [0.3, 0.4) is 0 Å². The number of nitrogens with zero attached hydrogens (tertiary/aromatic N) is 4. The lowest BCUT2D eigenvalue weighted by atomic mass is 10.1. The molecule has 0 spiro atoms. The molecule has 9 nitrogen and oxygen atoms in total. The van der Waals surface area contributed by atoms with Crippen molar-refractivity contribution < 1.29 is 9.53 Å². The fourth-order valence-corrected chi connectivity index (χ4v) is 3.11. The Bertz CT molecular complexity index is 1240. The van der Waals surface area contributed by atoms with Gasteiger partial charge in [0.1, 0.15) is 6.61 Å². The van der Waals surface area contributed by atoms with Crippen molar-refractivity contribution in [1.29, 1.82) is 0 Å². The van der Waals surface area contributed by atoms with Crippen LogP contribution in [0.4, 0.5) is 0 Å². The number of carbonyl (C=O) groups is 1. The Hall–Kier alpha value is -3.46. The van der Waals surface area contributed by atoms with Crippen molar-refractivity contribution in [2.45, 2.75) is 39.9 Å². The summed E-state index contributed by atoms with van der Waals surface area (Å²) in [5.41, 5.74) is 6.45. The summed E-state index contributed by atoms with van der Waals surface area (Å²) in [6.45, 7) is 5.83. The number of hydrogen-bond acceptors (Lipinski definition) is 6. The van der Waals surface area contributed by atoms with Crippen molar-refractivity contribution in [3.05, 3.63) is 68.4 Å². The average molecular weight is 425 g/mol. The number of imidazole rings is 1. The zero-order valence-corrected chi connectivity index (χ0v) is 18.2. The molecule has 9 heteroatoms. The standard InChI is InChI=1S/C22H27N5O4/c1-14(2)10-11-26-18-19(24-21(26)31-13-15(3)23)25(4)22(30)27(20(18)29)12-17(28)16-8-6-5-7-9-16/h5-10,15H,11-13,23H2,1-4H3. The minimum absolute atomic E-state index is 0.195. The number of nitrogens with two attached hydrogens (primary N) is 1. The molecule has 2 heterocycles. The monoisotopic (exact) mass is 425 g/mol. The summed E-state index contributed by atoms with van der Waals surface area (Å²) in [5, 5.41) is 0. The van der Waals surface area contributed by atoms with E-state index in [1.807, 2.05) is 19.9 Å². The smallest absolute Gasteiger partial charge is 0.332 e. The molecule has 0 aliphatic heterocycles. The Kier molecular flexibility index (Phi) is 6.55. The molecule has 2 N–H and O–H groups in total. The van der Waals surface area contributed by atoms with Crippen molar-refractivity contribution in [3.8, 4) is 6.01 Å². The van der Waals surface area contributed by atoms with E-state index < -0.39 is 11.2 Å². The van der Waals surface area contributed by atoms with Gasteiger partial charge in [0, 0.05) is 25.2 Å². The SMILES string of the molecule is CC(C)=CCn1c(OCC(C)N)nc2c1c(=O)n(CC(=O)c1ccccc1)c(=O)n2C. The predicted octanol–water partition coefficient (Wildman–Crippen LogP) is 1.47. The van der Waals surface area contributed by atoms with Crippen LogP contribution in [0.15, 0.2) is 51.6 Å². The first-order valence-corrected chi connectivity index (χ1v) is 10.0. The summed E-state index contributed by atoms with van der Waals surface area (Å²) in [5.74, 6) is -0.331. The third-order valence-electron chi connectivity index (χ3n) is 4.75. The van der Waals surface area contributed by atoms with Crippen molar-refractivity contribution in [2.75, 3.05) is 6.61 Å². The summed E-state index contributed by atoms with van der Waals surface area (Å²) in [7, 11) is 1.52. The summed E-state index contributed by atoms with van der Waals surface area (Å²) in [4.78, 5) is 43.2. The quantitative estimate of drug-likeness (QED) is 0.432. The highest BCUT2D eigenvalue weighted by Gasteiger charge is 2.22.